The van der Waals surface area contributed by atoms with Crippen LogP contribution in [0.4, 0.5) is 8.78 Å². The maximum Gasteiger partial charge on any atom is 0.310 e. The summed E-state index contributed by atoms with van der Waals surface area (Å²) in [6, 6.07) is 25.7. The van der Waals surface area contributed by atoms with Crippen molar-refractivity contribution >= 4 is 18.2 Å². The van der Waals surface area contributed by atoms with Gasteiger partial charge in [0, 0.05) is 36.3 Å². The van der Waals surface area contributed by atoms with Crippen molar-refractivity contribution in [2.75, 3.05) is 32.8 Å². The van der Waals surface area contributed by atoms with E-state index in [1.807, 2.05) is 67.6 Å². The summed E-state index contributed by atoms with van der Waals surface area (Å²) in [5, 5.41) is 12.5. The van der Waals surface area contributed by atoms with E-state index in [-0.39, 0.29) is 29.2 Å². The molecule has 2 aliphatic heterocycles. The van der Waals surface area contributed by atoms with Crippen molar-refractivity contribution in [1.82, 2.24) is 10.2 Å². The van der Waals surface area contributed by atoms with Gasteiger partial charge < -0.3 is 24.6 Å². The lowest BCUT2D eigenvalue weighted by atomic mass is 9.60. The van der Waals surface area contributed by atoms with Gasteiger partial charge in [-0.15, -0.1) is 0 Å². The van der Waals surface area contributed by atoms with E-state index < -0.39 is 11.8 Å². The number of nitrogens with zero attached hydrogens (tertiary/aromatic N) is 1. The molecule has 69 heavy (non-hydrogen) atoms. The second kappa shape index (κ2) is 23.7. The van der Waals surface area contributed by atoms with E-state index in [9.17, 15) is 23.9 Å². The van der Waals surface area contributed by atoms with Crippen LogP contribution in [0.25, 0.3) is 22.3 Å². The highest BCUT2D eigenvalue weighted by atomic mass is 19.1. The van der Waals surface area contributed by atoms with E-state index in [0.29, 0.717) is 72.1 Å². The van der Waals surface area contributed by atoms with E-state index >= 15 is 4.39 Å². The second-order valence-corrected chi connectivity index (χ2v) is 20.7. The number of nitrogens with one attached hydrogen (secondary N) is 1. The number of carbonyl (C=O) groups is 3. The Labute approximate surface area is 407 Å². The van der Waals surface area contributed by atoms with Gasteiger partial charge in [0.1, 0.15) is 23.1 Å². The number of esters is 1. The van der Waals surface area contributed by atoms with Gasteiger partial charge in [-0.1, -0.05) is 67.4 Å². The molecule has 2 atom stereocenters. The molecule has 4 aromatic rings. The Morgan fingerprint density at radius 3 is 1.70 bits per heavy atom. The number of hydrogen-bond acceptors (Lipinski definition) is 8. The molecule has 0 bridgehead atoms. The number of carbonyl (C=O) groups excluding carboxylic acids is 2. The summed E-state index contributed by atoms with van der Waals surface area (Å²) >= 11 is 0. The maximum absolute atomic E-state index is 15.4. The molecular weight excluding hydrogens is 875 g/mol. The fourth-order valence-corrected chi connectivity index (χ4v) is 11.6. The minimum Gasteiger partial charge on any atom is -0.490 e. The topological polar surface area (TPSA) is 114 Å². The number of hydrogen-bond donors (Lipinski definition) is 2. The smallest absolute Gasteiger partial charge is 0.310 e. The lowest BCUT2D eigenvalue weighted by molar-refractivity contribution is -0.148. The van der Waals surface area contributed by atoms with Crippen LogP contribution < -0.4 is 14.8 Å². The van der Waals surface area contributed by atoms with Gasteiger partial charge in [0.25, 0.3) is 0 Å². The predicted octanol–water partition coefficient (Wildman–Crippen LogP) is 12.6. The zero-order valence-electron chi connectivity index (χ0n) is 40.5. The quantitative estimate of drug-likeness (QED) is 0.106. The zero-order valence-corrected chi connectivity index (χ0v) is 40.5. The van der Waals surface area contributed by atoms with Crippen LogP contribution in [-0.2, 0) is 20.9 Å². The largest absolute Gasteiger partial charge is 0.490 e. The third kappa shape index (κ3) is 13.0. The summed E-state index contributed by atoms with van der Waals surface area (Å²) in [5.74, 6) is -0.0505. The molecule has 11 heteroatoms. The predicted molar refractivity (Wildman–Crippen MR) is 265 cm³/mol. The van der Waals surface area contributed by atoms with Crippen molar-refractivity contribution in [1.29, 1.82) is 0 Å². The standard InChI is InChI=1S/C28H34FNO3.C22H23FO2.C8H15NO2/c29-26-21(18-30-17-2-5-22(19-30)27(31)32)4-1-6-25(26)20-7-9-23(10-8-20)33-24-11-15-28(16-12-24)13-3-14-28;23-21-17(15-24)3-1-4-20(21)16-5-7-18(8-6-16)25-19-9-13-22(14-10-19)11-2-12-22;1-2-11-8(10)7-4-3-5-9-6-7/h1,4,6-10,22,24H,2-3,5,11-19H2,(H,31,32);1,3-8,15,19H,2,9-14H2;7,9H,2-6H2,1H3. The van der Waals surface area contributed by atoms with Crippen molar-refractivity contribution in [2.45, 2.75) is 141 Å². The van der Waals surface area contributed by atoms with Gasteiger partial charge in [-0.2, -0.15) is 0 Å². The first-order valence-electron chi connectivity index (χ1n) is 25.9. The Morgan fingerprint density at radius 2 is 1.22 bits per heavy atom. The molecule has 6 aliphatic rings. The van der Waals surface area contributed by atoms with Crippen LogP contribution >= 0.6 is 0 Å². The lowest BCUT2D eigenvalue weighted by Crippen LogP contribution is -2.38. The van der Waals surface area contributed by atoms with E-state index in [0.717, 1.165) is 87.2 Å². The number of aliphatic carboxylic acids is 1. The summed E-state index contributed by atoms with van der Waals surface area (Å²) in [7, 11) is 0. The van der Waals surface area contributed by atoms with E-state index in [1.54, 1.807) is 18.2 Å². The number of likely N-dealkylation sites (tertiary alicyclic amines) is 1. The molecule has 0 radical (unpaired) electrons. The van der Waals surface area contributed by atoms with Crippen LogP contribution in [0.3, 0.4) is 0 Å². The van der Waals surface area contributed by atoms with Crippen LogP contribution in [0.2, 0.25) is 0 Å². The fourth-order valence-electron chi connectivity index (χ4n) is 11.6. The van der Waals surface area contributed by atoms with E-state index in [4.69, 9.17) is 14.2 Å². The van der Waals surface area contributed by atoms with Gasteiger partial charge in [0.15, 0.2) is 6.29 Å². The van der Waals surface area contributed by atoms with Crippen LogP contribution in [0.1, 0.15) is 138 Å². The number of piperidine rings is 2. The maximum atomic E-state index is 15.4. The minimum atomic E-state index is -0.757. The average molecular weight is 947 g/mol. The number of carboxylic acid groups (broad SMARTS) is 1. The molecule has 370 valence electrons. The molecule has 0 amide bonds. The number of benzene rings is 4. The molecule has 10 rings (SSSR count). The third-order valence-electron chi connectivity index (χ3n) is 16.2. The van der Waals surface area contributed by atoms with Gasteiger partial charge in [-0.3, -0.25) is 19.3 Å². The molecule has 4 aromatic carbocycles. The number of halogens is 2. The van der Waals surface area contributed by atoms with E-state index in [2.05, 4.69) is 10.2 Å². The van der Waals surface area contributed by atoms with Crippen molar-refractivity contribution in [3.63, 3.8) is 0 Å². The molecule has 2 saturated heterocycles. The van der Waals surface area contributed by atoms with Gasteiger partial charge in [-0.05, 0) is 175 Å². The lowest BCUT2D eigenvalue weighted by Gasteiger charge is -2.46. The summed E-state index contributed by atoms with van der Waals surface area (Å²) in [6.45, 7) is 5.89. The van der Waals surface area contributed by atoms with Crippen molar-refractivity contribution in [2.24, 2.45) is 22.7 Å². The van der Waals surface area contributed by atoms with Crippen LogP contribution in [-0.4, -0.2) is 73.2 Å². The Kier molecular flexibility index (Phi) is 17.2. The van der Waals surface area contributed by atoms with Gasteiger partial charge >= 0.3 is 11.9 Å². The molecule has 9 nitrogen and oxygen atoms in total. The summed E-state index contributed by atoms with van der Waals surface area (Å²) in [6.07, 6.45) is 22.8. The summed E-state index contributed by atoms with van der Waals surface area (Å²) < 4.78 is 46.9. The highest BCUT2D eigenvalue weighted by Gasteiger charge is 2.41. The summed E-state index contributed by atoms with van der Waals surface area (Å²) in [4.78, 5) is 35.4. The third-order valence-corrected chi connectivity index (χ3v) is 16.2. The molecule has 2 unspecified atom stereocenters. The highest BCUT2D eigenvalue weighted by molar-refractivity contribution is 5.80. The van der Waals surface area contributed by atoms with Crippen molar-refractivity contribution in [3.05, 3.63) is 108 Å². The molecule has 2 heterocycles. The molecular formula is C58H72F2N2O7. The van der Waals surface area contributed by atoms with Gasteiger partial charge in [0.05, 0.1) is 36.2 Å². The first kappa shape index (κ1) is 50.3. The minimum absolute atomic E-state index is 0.0419. The summed E-state index contributed by atoms with van der Waals surface area (Å²) in [5.41, 5.74) is 4.60. The first-order valence-corrected chi connectivity index (χ1v) is 25.9. The number of aldehydes is 1. The van der Waals surface area contributed by atoms with Crippen LogP contribution in [0.5, 0.6) is 11.5 Å². The highest BCUT2D eigenvalue weighted by Crippen LogP contribution is 2.53. The average Bonchev–Trinajstić information content (AvgIpc) is 3.36. The number of ether oxygens (including phenoxy) is 3. The second-order valence-electron chi connectivity index (χ2n) is 20.7. The number of carboxylic acids is 1. The first-order chi connectivity index (χ1) is 33.5. The van der Waals surface area contributed by atoms with Crippen molar-refractivity contribution < 1.29 is 42.5 Å². The molecule has 6 fully saturated rings. The Bertz CT molecular complexity index is 2300. The Balaban J connectivity index is 0.000000157. The normalized spacial score (nSPS) is 22.9. The van der Waals surface area contributed by atoms with Gasteiger partial charge in [0.2, 0.25) is 0 Å². The molecule has 4 saturated carbocycles. The molecule has 0 aromatic heterocycles. The zero-order chi connectivity index (χ0) is 48.2. The number of rotatable bonds is 12. The monoisotopic (exact) mass is 947 g/mol. The molecule has 4 aliphatic carbocycles. The van der Waals surface area contributed by atoms with Crippen molar-refractivity contribution in [3.8, 4) is 33.8 Å². The van der Waals surface area contributed by atoms with Crippen LogP contribution in [0.15, 0.2) is 84.9 Å². The fraction of sp³-hybridized carbons (Fsp3) is 0.534. The van der Waals surface area contributed by atoms with Crippen LogP contribution in [0, 0.1) is 34.3 Å². The SMILES string of the molecule is CCOC(=O)C1CCCNC1.O=C(O)C1CCCN(Cc2cccc(-c3ccc(OC4CCC5(CCC5)CC4)cc3)c2F)C1.O=Cc1cccc(-c2ccc(OC3CCC4(CCC4)CC3)cc2)c1F. The Hall–Kier alpha value is -5.13. The Morgan fingerprint density at radius 1 is 0.681 bits per heavy atom. The molecule has 2 spiro atoms. The van der Waals surface area contributed by atoms with E-state index in [1.165, 1.54) is 70.3 Å². The molecule has 2 N–H and O–H groups in total. The van der Waals surface area contributed by atoms with Gasteiger partial charge in [-0.25, -0.2) is 8.78 Å².